The molecule has 2 heterocycles. The Bertz CT molecular complexity index is 251. The van der Waals surface area contributed by atoms with Crippen molar-refractivity contribution in [1.82, 2.24) is 10.2 Å². The molecular formula is C15H30N2O. The SMILES string of the molecule is CCC1CN(C(C)C2CCOC2)C(C(C)C)CN1. The molecule has 0 aromatic carbocycles. The molecule has 0 aromatic rings. The molecule has 2 aliphatic heterocycles. The second kappa shape index (κ2) is 6.36. The Morgan fingerprint density at radius 1 is 1.33 bits per heavy atom. The summed E-state index contributed by atoms with van der Waals surface area (Å²) in [7, 11) is 0. The monoisotopic (exact) mass is 254 g/mol. The first-order chi connectivity index (χ1) is 8.63. The van der Waals surface area contributed by atoms with Crippen LogP contribution in [0.1, 0.15) is 40.5 Å². The molecule has 2 saturated heterocycles. The molecule has 0 amide bonds. The highest BCUT2D eigenvalue weighted by atomic mass is 16.5. The van der Waals surface area contributed by atoms with E-state index in [0.29, 0.717) is 18.1 Å². The van der Waals surface area contributed by atoms with E-state index in [0.717, 1.165) is 31.6 Å². The van der Waals surface area contributed by atoms with Crippen LogP contribution in [0, 0.1) is 11.8 Å². The van der Waals surface area contributed by atoms with Crippen molar-refractivity contribution >= 4 is 0 Å². The van der Waals surface area contributed by atoms with Crippen molar-refractivity contribution in [1.29, 1.82) is 0 Å². The van der Waals surface area contributed by atoms with Crippen LogP contribution in [0.5, 0.6) is 0 Å². The average molecular weight is 254 g/mol. The van der Waals surface area contributed by atoms with Gasteiger partial charge in [-0.05, 0) is 31.6 Å². The van der Waals surface area contributed by atoms with Gasteiger partial charge in [0.2, 0.25) is 0 Å². The maximum Gasteiger partial charge on any atom is 0.0509 e. The van der Waals surface area contributed by atoms with E-state index in [-0.39, 0.29) is 0 Å². The van der Waals surface area contributed by atoms with E-state index in [2.05, 4.69) is 37.9 Å². The van der Waals surface area contributed by atoms with Crippen LogP contribution in [-0.4, -0.2) is 49.3 Å². The zero-order chi connectivity index (χ0) is 13.1. The van der Waals surface area contributed by atoms with Gasteiger partial charge in [0.05, 0.1) is 6.61 Å². The molecule has 0 aliphatic carbocycles. The number of nitrogens with zero attached hydrogens (tertiary/aromatic N) is 1. The van der Waals surface area contributed by atoms with Crippen molar-refractivity contribution in [3.63, 3.8) is 0 Å². The summed E-state index contributed by atoms with van der Waals surface area (Å²) in [5, 5.41) is 3.70. The van der Waals surface area contributed by atoms with Crippen molar-refractivity contribution in [3.8, 4) is 0 Å². The molecule has 1 N–H and O–H groups in total. The first-order valence-electron chi connectivity index (χ1n) is 7.70. The van der Waals surface area contributed by atoms with Gasteiger partial charge in [-0.3, -0.25) is 4.90 Å². The van der Waals surface area contributed by atoms with E-state index >= 15 is 0 Å². The highest BCUT2D eigenvalue weighted by Gasteiger charge is 2.36. The normalized spacial score (nSPS) is 36.2. The van der Waals surface area contributed by atoms with Crippen LogP contribution in [-0.2, 0) is 4.74 Å². The Kier molecular flexibility index (Phi) is 5.05. The van der Waals surface area contributed by atoms with E-state index < -0.39 is 0 Å². The predicted octanol–water partition coefficient (Wildman–Crippen LogP) is 2.12. The van der Waals surface area contributed by atoms with Gasteiger partial charge in [-0.1, -0.05) is 20.8 Å². The minimum atomic E-state index is 0.663. The van der Waals surface area contributed by atoms with Crippen LogP contribution in [0.25, 0.3) is 0 Å². The van der Waals surface area contributed by atoms with Crippen LogP contribution < -0.4 is 5.32 Å². The summed E-state index contributed by atoms with van der Waals surface area (Å²) in [5.41, 5.74) is 0. The molecular weight excluding hydrogens is 224 g/mol. The van der Waals surface area contributed by atoms with Gasteiger partial charge in [-0.2, -0.15) is 0 Å². The summed E-state index contributed by atoms with van der Waals surface area (Å²) < 4.78 is 5.58. The molecule has 0 aromatic heterocycles. The van der Waals surface area contributed by atoms with E-state index in [9.17, 15) is 0 Å². The topological polar surface area (TPSA) is 24.5 Å². The first-order valence-corrected chi connectivity index (χ1v) is 7.70. The number of nitrogens with one attached hydrogen (secondary N) is 1. The molecule has 0 bridgehead atoms. The lowest BCUT2D eigenvalue weighted by Crippen LogP contribution is -2.61. The van der Waals surface area contributed by atoms with E-state index in [1.54, 1.807) is 0 Å². The van der Waals surface area contributed by atoms with Crippen molar-refractivity contribution in [2.24, 2.45) is 11.8 Å². The Labute approximate surface area is 112 Å². The molecule has 3 nitrogen and oxygen atoms in total. The number of ether oxygens (including phenoxy) is 1. The fourth-order valence-corrected chi connectivity index (χ4v) is 3.42. The molecule has 2 rings (SSSR count). The third-order valence-corrected chi connectivity index (χ3v) is 4.91. The molecule has 106 valence electrons. The molecule has 0 radical (unpaired) electrons. The quantitative estimate of drug-likeness (QED) is 0.832. The van der Waals surface area contributed by atoms with E-state index in [1.165, 1.54) is 19.4 Å². The van der Waals surface area contributed by atoms with E-state index in [4.69, 9.17) is 4.74 Å². The second-order valence-corrected chi connectivity index (χ2v) is 6.39. The summed E-state index contributed by atoms with van der Waals surface area (Å²) in [5.74, 6) is 1.46. The predicted molar refractivity (Wildman–Crippen MR) is 75.8 cm³/mol. The standard InChI is InChI=1S/C15H30N2O/c1-5-14-9-17(15(8-16-14)11(2)3)12(4)13-6-7-18-10-13/h11-16H,5-10H2,1-4H3. The maximum atomic E-state index is 5.58. The summed E-state index contributed by atoms with van der Waals surface area (Å²) >= 11 is 0. The lowest BCUT2D eigenvalue weighted by molar-refractivity contribution is 0.0332. The third-order valence-electron chi connectivity index (χ3n) is 4.91. The molecule has 0 spiro atoms. The van der Waals surface area contributed by atoms with Gasteiger partial charge in [0.1, 0.15) is 0 Å². The van der Waals surface area contributed by atoms with Gasteiger partial charge in [-0.25, -0.2) is 0 Å². The highest BCUT2D eigenvalue weighted by molar-refractivity contribution is 4.92. The largest absolute Gasteiger partial charge is 0.381 e. The van der Waals surface area contributed by atoms with E-state index in [1.807, 2.05) is 0 Å². The zero-order valence-electron chi connectivity index (χ0n) is 12.5. The second-order valence-electron chi connectivity index (χ2n) is 6.39. The first kappa shape index (κ1) is 14.3. The zero-order valence-corrected chi connectivity index (χ0v) is 12.5. The van der Waals surface area contributed by atoms with Crippen LogP contribution in [0.3, 0.4) is 0 Å². The minimum Gasteiger partial charge on any atom is -0.381 e. The molecule has 4 unspecified atom stereocenters. The molecule has 0 saturated carbocycles. The lowest BCUT2D eigenvalue weighted by atomic mass is 9.91. The highest BCUT2D eigenvalue weighted by Crippen LogP contribution is 2.26. The number of hydrogen-bond donors (Lipinski definition) is 1. The third kappa shape index (κ3) is 3.06. The fourth-order valence-electron chi connectivity index (χ4n) is 3.42. The fraction of sp³-hybridized carbons (Fsp3) is 1.00. The van der Waals surface area contributed by atoms with Crippen molar-refractivity contribution in [2.45, 2.75) is 58.7 Å². The molecule has 18 heavy (non-hydrogen) atoms. The minimum absolute atomic E-state index is 0.663. The van der Waals surface area contributed by atoms with Crippen LogP contribution in [0.4, 0.5) is 0 Å². The van der Waals surface area contributed by atoms with Crippen LogP contribution in [0.2, 0.25) is 0 Å². The maximum absolute atomic E-state index is 5.58. The van der Waals surface area contributed by atoms with Gasteiger partial charge >= 0.3 is 0 Å². The lowest BCUT2D eigenvalue weighted by Gasteiger charge is -2.46. The number of piperazine rings is 1. The molecule has 2 aliphatic rings. The summed E-state index contributed by atoms with van der Waals surface area (Å²) in [4.78, 5) is 2.76. The smallest absolute Gasteiger partial charge is 0.0509 e. The molecule has 2 fully saturated rings. The van der Waals surface area contributed by atoms with Crippen molar-refractivity contribution in [2.75, 3.05) is 26.3 Å². The average Bonchev–Trinajstić information content (AvgIpc) is 2.90. The van der Waals surface area contributed by atoms with Gasteiger partial charge in [0, 0.05) is 37.8 Å². The van der Waals surface area contributed by atoms with Gasteiger partial charge in [-0.15, -0.1) is 0 Å². The number of rotatable bonds is 4. The molecule has 3 heteroatoms. The van der Waals surface area contributed by atoms with Gasteiger partial charge in [0.25, 0.3) is 0 Å². The Morgan fingerprint density at radius 3 is 2.67 bits per heavy atom. The van der Waals surface area contributed by atoms with Crippen LogP contribution >= 0.6 is 0 Å². The Morgan fingerprint density at radius 2 is 2.11 bits per heavy atom. The summed E-state index contributed by atoms with van der Waals surface area (Å²) in [6.45, 7) is 13.7. The van der Waals surface area contributed by atoms with Gasteiger partial charge < -0.3 is 10.1 Å². The van der Waals surface area contributed by atoms with Gasteiger partial charge in [0.15, 0.2) is 0 Å². The number of hydrogen-bond acceptors (Lipinski definition) is 3. The molecule has 4 atom stereocenters. The van der Waals surface area contributed by atoms with Crippen molar-refractivity contribution in [3.05, 3.63) is 0 Å². The van der Waals surface area contributed by atoms with Crippen LogP contribution in [0.15, 0.2) is 0 Å². The Balaban J connectivity index is 2.03. The van der Waals surface area contributed by atoms with Crippen molar-refractivity contribution < 1.29 is 4.74 Å². The summed E-state index contributed by atoms with van der Waals surface area (Å²) in [6.07, 6.45) is 2.47. The Hall–Kier alpha value is -0.120. The summed E-state index contributed by atoms with van der Waals surface area (Å²) in [6, 6.07) is 2.02.